The van der Waals surface area contributed by atoms with Crippen LogP contribution in [0.25, 0.3) is 0 Å². The van der Waals surface area contributed by atoms with Gasteiger partial charge in [-0.25, -0.2) is 22.8 Å². The number of hydrogen-bond acceptors (Lipinski definition) is 6. The van der Waals surface area contributed by atoms with E-state index in [4.69, 9.17) is 5.11 Å². The van der Waals surface area contributed by atoms with Crippen molar-refractivity contribution in [2.24, 2.45) is 0 Å². The van der Waals surface area contributed by atoms with Crippen LogP contribution in [0, 0.1) is 0 Å². The van der Waals surface area contributed by atoms with Gasteiger partial charge in [0.1, 0.15) is 12.4 Å². The number of carboxylic acid groups (broad SMARTS) is 1. The van der Waals surface area contributed by atoms with Gasteiger partial charge in [0.15, 0.2) is 5.03 Å². The van der Waals surface area contributed by atoms with Crippen LogP contribution in [-0.2, 0) is 34.3 Å². The van der Waals surface area contributed by atoms with Crippen LogP contribution in [0.2, 0.25) is 0 Å². The summed E-state index contributed by atoms with van der Waals surface area (Å²) in [5, 5.41) is 15.8. The highest BCUT2D eigenvalue weighted by atomic mass is 32.2. The Kier molecular flexibility index (Phi) is 4.33. The maximum absolute atomic E-state index is 12.0. The largest absolute Gasteiger partial charge is 0.480 e. The summed E-state index contributed by atoms with van der Waals surface area (Å²) >= 11 is 0. The van der Waals surface area contributed by atoms with E-state index >= 15 is 0 Å². The van der Waals surface area contributed by atoms with Gasteiger partial charge in [-0.15, -0.1) is 5.10 Å². The molecule has 0 aliphatic rings. The molecule has 0 amide bonds. The van der Waals surface area contributed by atoms with Crippen LogP contribution < -0.4 is 4.72 Å². The Morgan fingerprint density at radius 2 is 2.29 bits per heavy atom. The van der Waals surface area contributed by atoms with E-state index in [1.165, 1.54) is 12.4 Å². The fourth-order valence-electron chi connectivity index (χ4n) is 1.54. The van der Waals surface area contributed by atoms with E-state index in [1.54, 1.807) is 0 Å². The van der Waals surface area contributed by atoms with Crippen LogP contribution in [0.1, 0.15) is 18.4 Å². The smallest absolute Gasteiger partial charge is 0.325 e. The third-order valence-corrected chi connectivity index (χ3v) is 3.87. The Morgan fingerprint density at radius 3 is 2.90 bits per heavy atom. The molecule has 2 heterocycles. The zero-order valence-corrected chi connectivity index (χ0v) is 12.0. The highest BCUT2D eigenvalue weighted by Gasteiger charge is 2.17. The van der Waals surface area contributed by atoms with E-state index in [0.717, 1.165) is 4.68 Å². The number of H-pyrrole nitrogens is 1. The summed E-state index contributed by atoms with van der Waals surface area (Å²) in [5.41, 5.74) is 0.315. The van der Waals surface area contributed by atoms with Crippen molar-refractivity contribution in [2.45, 2.75) is 31.5 Å². The van der Waals surface area contributed by atoms with E-state index in [9.17, 15) is 13.2 Å². The van der Waals surface area contributed by atoms with Crippen molar-refractivity contribution in [3.8, 4) is 0 Å². The first-order valence-corrected chi connectivity index (χ1v) is 7.53. The predicted octanol–water partition coefficient (Wildman–Crippen LogP) is -0.873. The lowest BCUT2D eigenvalue weighted by Crippen LogP contribution is -2.23. The molecule has 2 rings (SSSR count). The van der Waals surface area contributed by atoms with E-state index in [-0.39, 0.29) is 18.1 Å². The van der Waals surface area contributed by atoms with E-state index < -0.39 is 16.0 Å². The molecule has 11 heteroatoms. The molecule has 0 spiro atoms. The molecule has 21 heavy (non-hydrogen) atoms. The molecule has 2 aromatic rings. The highest BCUT2D eigenvalue weighted by Crippen LogP contribution is 2.06. The molecule has 0 saturated carbocycles. The number of aryl methyl sites for hydroxylation is 1. The first kappa shape index (κ1) is 15.1. The minimum atomic E-state index is -3.72. The van der Waals surface area contributed by atoms with Gasteiger partial charge >= 0.3 is 5.97 Å². The van der Waals surface area contributed by atoms with E-state index in [1.807, 2.05) is 6.92 Å². The second-order valence-electron chi connectivity index (χ2n) is 4.17. The van der Waals surface area contributed by atoms with Gasteiger partial charge in [0.2, 0.25) is 0 Å². The lowest BCUT2D eigenvalue weighted by molar-refractivity contribution is -0.137. The zero-order valence-electron chi connectivity index (χ0n) is 11.1. The van der Waals surface area contributed by atoms with Crippen LogP contribution in [-0.4, -0.2) is 44.5 Å². The summed E-state index contributed by atoms with van der Waals surface area (Å²) in [6.07, 6.45) is 3.20. The van der Waals surface area contributed by atoms with E-state index in [2.05, 4.69) is 25.0 Å². The van der Waals surface area contributed by atoms with Gasteiger partial charge in [-0.05, 0) is 0 Å². The molecule has 0 aliphatic heterocycles. The normalized spacial score (nSPS) is 11.7. The van der Waals surface area contributed by atoms with Gasteiger partial charge in [0.25, 0.3) is 10.0 Å². The molecule has 3 N–H and O–H groups in total. The minimum Gasteiger partial charge on any atom is -0.480 e. The number of nitrogens with one attached hydrogen (secondary N) is 2. The number of sulfonamides is 1. The van der Waals surface area contributed by atoms with Crippen LogP contribution in [0.5, 0.6) is 0 Å². The first-order valence-electron chi connectivity index (χ1n) is 6.05. The third-order valence-electron chi connectivity index (χ3n) is 2.56. The van der Waals surface area contributed by atoms with Gasteiger partial charge in [0, 0.05) is 6.42 Å². The molecule has 0 aliphatic carbocycles. The average molecular weight is 314 g/mol. The summed E-state index contributed by atoms with van der Waals surface area (Å²) in [6.45, 7) is 1.42. The van der Waals surface area contributed by atoms with Crippen molar-refractivity contribution in [3.63, 3.8) is 0 Å². The Labute approximate surface area is 120 Å². The number of rotatable bonds is 7. The van der Waals surface area contributed by atoms with Crippen molar-refractivity contribution in [1.82, 2.24) is 29.7 Å². The number of carboxylic acids is 1. The van der Waals surface area contributed by atoms with Crippen LogP contribution >= 0.6 is 0 Å². The van der Waals surface area contributed by atoms with Crippen molar-refractivity contribution < 1.29 is 18.3 Å². The molecule has 10 nitrogen and oxygen atoms in total. The summed E-state index contributed by atoms with van der Waals surface area (Å²) in [5.74, 6) is -0.487. The average Bonchev–Trinajstić information content (AvgIpc) is 3.04. The SMILES string of the molecule is CCc1ncc(S(=O)(=O)NCc2cn(CC(=O)O)nn2)[nH]1. The monoisotopic (exact) mass is 314 g/mol. The molecule has 0 unspecified atom stereocenters. The summed E-state index contributed by atoms with van der Waals surface area (Å²) in [7, 11) is -3.72. The van der Waals surface area contributed by atoms with Gasteiger partial charge in [-0.1, -0.05) is 12.1 Å². The topological polar surface area (TPSA) is 143 Å². The van der Waals surface area contributed by atoms with Crippen molar-refractivity contribution in [1.29, 1.82) is 0 Å². The van der Waals surface area contributed by atoms with Gasteiger partial charge in [0.05, 0.1) is 24.6 Å². The summed E-state index contributed by atoms with van der Waals surface area (Å²) < 4.78 is 27.4. The Hall–Kier alpha value is -2.27. The number of carbonyl (C=O) groups is 1. The number of aliphatic carboxylic acids is 1. The molecule has 0 fully saturated rings. The Morgan fingerprint density at radius 1 is 1.52 bits per heavy atom. The minimum absolute atomic E-state index is 0.0303. The molecule has 0 atom stereocenters. The molecule has 2 aromatic heterocycles. The van der Waals surface area contributed by atoms with Crippen LogP contribution in [0.15, 0.2) is 17.4 Å². The van der Waals surface area contributed by atoms with E-state index in [0.29, 0.717) is 17.9 Å². The molecule has 0 aromatic carbocycles. The molecular weight excluding hydrogens is 300 g/mol. The first-order chi connectivity index (χ1) is 9.90. The molecule has 0 bridgehead atoms. The second kappa shape index (κ2) is 6.01. The third kappa shape index (κ3) is 3.86. The summed E-state index contributed by atoms with van der Waals surface area (Å²) in [4.78, 5) is 17.1. The number of aromatic amines is 1. The number of imidazole rings is 1. The highest BCUT2D eigenvalue weighted by molar-refractivity contribution is 7.89. The van der Waals surface area contributed by atoms with Crippen LogP contribution in [0.4, 0.5) is 0 Å². The van der Waals surface area contributed by atoms with Crippen molar-refractivity contribution in [2.75, 3.05) is 0 Å². The van der Waals surface area contributed by atoms with Crippen molar-refractivity contribution >= 4 is 16.0 Å². The lowest BCUT2D eigenvalue weighted by atomic mass is 10.5. The van der Waals surface area contributed by atoms with Gasteiger partial charge in [-0.3, -0.25) is 4.79 Å². The number of hydrogen-bond donors (Lipinski definition) is 3. The second-order valence-corrected chi connectivity index (χ2v) is 5.91. The van der Waals surface area contributed by atoms with Gasteiger partial charge in [-0.2, -0.15) is 0 Å². The Bertz CT molecular complexity index is 734. The maximum atomic E-state index is 12.0. The molecular formula is C10H14N6O4S. The summed E-state index contributed by atoms with van der Waals surface area (Å²) in [6, 6.07) is 0. The predicted molar refractivity (Wildman–Crippen MR) is 69.6 cm³/mol. The number of nitrogens with zero attached hydrogens (tertiary/aromatic N) is 4. The zero-order chi connectivity index (χ0) is 15.5. The van der Waals surface area contributed by atoms with Crippen molar-refractivity contribution in [3.05, 3.63) is 23.9 Å². The standard InChI is InChI=1S/C10H14N6O4S/c1-2-8-11-4-9(13-8)21(19,20)12-3-7-5-16(15-14-7)6-10(17)18/h4-5,12H,2-3,6H2,1H3,(H,11,13)(H,17,18). The molecule has 0 saturated heterocycles. The molecule has 0 radical (unpaired) electrons. The maximum Gasteiger partial charge on any atom is 0.325 e. The fraction of sp³-hybridized carbons (Fsp3) is 0.400. The Balaban J connectivity index is 2.01. The van der Waals surface area contributed by atoms with Crippen LogP contribution in [0.3, 0.4) is 0 Å². The van der Waals surface area contributed by atoms with Gasteiger partial charge < -0.3 is 10.1 Å². The molecule has 114 valence electrons. The fourth-order valence-corrected chi connectivity index (χ4v) is 2.48. The lowest BCUT2D eigenvalue weighted by Gasteiger charge is -2.01. The quantitative estimate of drug-likeness (QED) is 0.602. The number of aromatic nitrogens is 5.